The Bertz CT molecular complexity index is 377. The first-order chi connectivity index (χ1) is 10.6. The average Bonchev–Trinajstić information content (AvgIpc) is 2.50. The Morgan fingerprint density at radius 2 is 1.82 bits per heavy atom. The molecule has 1 saturated heterocycles. The second-order valence-corrected chi connectivity index (χ2v) is 6.42. The lowest BCUT2D eigenvalue weighted by Gasteiger charge is -2.36. The Balaban J connectivity index is 1.69. The monoisotopic (exact) mass is 311 g/mol. The van der Waals surface area contributed by atoms with Crippen molar-refractivity contribution in [2.75, 3.05) is 32.8 Å². The predicted octanol–water partition coefficient (Wildman–Crippen LogP) is 1.58. The number of piperazine rings is 1. The maximum absolute atomic E-state index is 12.3. The maximum atomic E-state index is 12.3. The minimum Gasteiger partial charge on any atom is -0.449 e. The zero-order valence-corrected chi connectivity index (χ0v) is 13.6. The van der Waals surface area contributed by atoms with Gasteiger partial charge in [0, 0.05) is 26.2 Å². The van der Waals surface area contributed by atoms with Crippen molar-refractivity contribution in [3.05, 3.63) is 0 Å². The average molecular weight is 311 g/mol. The molecule has 6 nitrogen and oxygen atoms in total. The summed E-state index contributed by atoms with van der Waals surface area (Å²) in [6.45, 7) is 4.71. The Hall–Kier alpha value is -1.30. The zero-order chi connectivity index (χ0) is 15.9. The molecule has 1 atom stereocenters. The minimum atomic E-state index is -0.381. The summed E-state index contributed by atoms with van der Waals surface area (Å²) in [5.74, 6) is 0.666. The van der Waals surface area contributed by atoms with Crippen LogP contribution < -0.4 is 5.73 Å². The van der Waals surface area contributed by atoms with Gasteiger partial charge in [0.2, 0.25) is 5.91 Å². The standard InChI is InChI=1S/C16H29N3O3/c1-2-3-11-22-16(21)19-9-7-18(8-10-19)15(20)14(17)12-13-5-4-6-13/h13-14H,2-12,17H2,1H3/t14-/m0/s1. The molecule has 2 N–H and O–H groups in total. The zero-order valence-electron chi connectivity index (χ0n) is 13.6. The first-order valence-electron chi connectivity index (χ1n) is 8.58. The Kier molecular flexibility index (Phi) is 6.49. The van der Waals surface area contributed by atoms with Gasteiger partial charge in [0.05, 0.1) is 12.6 Å². The van der Waals surface area contributed by atoms with Crippen molar-refractivity contribution in [1.82, 2.24) is 9.80 Å². The molecular weight excluding hydrogens is 282 g/mol. The van der Waals surface area contributed by atoms with Gasteiger partial charge in [-0.15, -0.1) is 0 Å². The summed E-state index contributed by atoms with van der Waals surface area (Å²) in [5, 5.41) is 0. The fraction of sp³-hybridized carbons (Fsp3) is 0.875. The minimum absolute atomic E-state index is 0.0332. The smallest absolute Gasteiger partial charge is 0.409 e. The van der Waals surface area contributed by atoms with Gasteiger partial charge >= 0.3 is 6.09 Å². The molecular formula is C16H29N3O3. The topological polar surface area (TPSA) is 75.9 Å². The van der Waals surface area contributed by atoms with E-state index < -0.39 is 0 Å². The van der Waals surface area contributed by atoms with E-state index in [1.54, 1.807) is 9.80 Å². The highest BCUT2D eigenvalue weighted by Gasteiger charge is 2.30. The van der Waals surface area contributed by atoms with Crippen molar-refractivity contribution in [1.29, 1.82) is 0 Å². The van der Waals surface area contributed by atoms with Crippen LogP contribution in [0.2, 0.25) is 0 Å². The summed E-state index contributed by atoms with van der Waals surface area (Å²) in [6, 6.07) is -0.381. The molecule has 1 aliphatic carbocycles. The van der Waals surface area contributed by atoms with Gasteiger partial charge in [0.15, 0.2) is 0 Å². The molecule has 0 bridgehead atoms. The van der Waals surface area contributed by atoms with E-state index in [2.05, 4.69) is 6.92 Å². The van der Waals surface area contributed by atoms with E-state index in [-0.39, 0.29) is 18.0 Å². The maximum Gasteiger partial charge on any atom is 0.409 e. The van der Waals surface area contributed by atoms with Crippen molar-refractivity contribution in [2.45, 2.75) is 51.5 Å². The van der Waals surface area contributed by atoms with E-state index in [0.717, 1.165) is 19.3 Å². The molecule has 1 saturated carbocycles. The molecule has 0 unspecified atom stereocenters. The fourth-order valence-corrected chi connectivity index (χ4v) is 2.93. The van der Waals surface area contributed by atoms with Crippen molar-refractivity contribution in [3.8, 4) is 0 Å². The van der Waals surface area contributed by atoms with Crippen LogP contribution in [-0.4, -0.2) is 60.6 Å². The highest BCUT2D eigenvalue weighted by atomic mass is 16.6. The number of nitrogens with two attached hydrogens (primary N) is 1. The van der Waals surface area contributed by atoms with Gasteiger partial charge in [-0.1, -0.05) is 32.6 Å². The normalized spacial score (nSPS) is 20.5. The summed E-state index contributed by atoms with van der Waals surface area (Å²) in [5.41, 5.74) is 6.04. The van der Waals surface area contributed by atoms with Crippen LogP contribution in [0, 0.1) is 5.92 Å². The van der Waals surface area contributed by atoms with Crippen LogP contribution in [0.25, 0.3) is 0 Å². The molecule has 126 valence electrons. The number of hydrogen-bond acceptors (Lipinski definition) is 4. The molecule has 0 aromatic rings. The highest BCUT2D eigenvalue weighted by molar-refractivity contribution is 5.82. The van der Waals surface area contributed by atoms with Crippen LogP contribution >= 0.6 is 0 Å². The van der Waals surface area contributed by atoms with Crippen molar-refractivity contribution < 1.29 is 14.3 Å². The lowest BCUT2D eigenvalue weighted by Crippen LogP contribution is -2.54. The van der Waals surface area contributed by atoms with Gasteiger partial charge in [-0.05, 0) is 18.8 Å². The van der Waals surface area contributed by atoms with Crippen LogP contribution in [0.3, 0.4) is 0 Å². The van der Waals surface area contributed by atoms with Crippen molar-refractivity contribution in [2.24, 2.45) is 11.7 Å². The van der Waals surface area contributed by atoms with Gasteiger partial charge in [-0.25, -0.2) is 4.79 Å². The van der Waals surface area contributed by atoms with Crippen LogP contribution in [0.15, 0.2) is 0 Å². The second kappa shape index (κ2) is 8.36. The second-order valence-electron chi connectivity index (χ2n) is 6.42. The third kappa shape index (κ3) is 4.60. The van der Waals surface area contributed by atoms with Gasteiger partial charge in [0.1, 0.15) is 0 Å². The Morgan fingerprint density at radius 3 is 2.36 bits per heavy atom. The first kappa shape index (κ1) is 17.1. The molecule has 6 heteroatoms. The van der Waals surface area contributed by atoms with Gasteiger partial charge in [-0.2, -0.15) is 0 Å². The van der Waals surface area contributed by atoms with E-state index in [1.807, 2.05) is 0 Å². The van der Waals surface area contributed by atoms with Crippen molar-refractivity contribution in [3.63, 3.8) is 0 Å². The van der Waals surface area contributed by atoms with E-state index >= 15 is 0 Å². The quantitative estimate of drug-likeness (QED) is 0.756. The lowest BCUT2D eigenvalue weighted by molar-refractivity contribution is -0.134. The van der Waals surface area contributed by atoms with E-state index in [9.17, 15) is 9.59 Å². The molecule has 22 heavy (non-hydrogen) atoms. The third-order valence-electron chi connectivity index (χ3n) is 4.70. The van der Waals surface area contributed by atoms with Crippen LogP contribution in [0.4, 0.5) is 4.79 Å². The van der Waals surface area contributed by atoms with E-state index in [1.165, 1.54) is 19.3 Å². The molecule has 2 aliphatic rings. The number of carbonyl (C=O) groups excluding carboxylic acids is 2. The molecule has 0 aromatic carbocycles. The van der Waals surface area contributed by atoms with E-state index in [4.69, 9.17) is 10.5 Å². The lowest BCUT2D eigenvalue weighted by atomic mass is 9.81. The molecule has 1 aliphatic heterocycles. The number of rotatable bonds is 6. The molecule has 0 radical (unpaired) electrons. The fourth-order valence-electron chi connectivity index (χ4n) is 2.93. The molecule has 2 amide bonds. The van der Waals surface area contributed by atoms with Crippen LogP contribution in [0.5, 0.6) is 0 Å². The highest BCUT2D eigenvalue weighted by Crippen LogP contribution is 2.30. The summed E-state index contributed by atoms with van der Waals surface area (Å²) in [6.07, 6.45) is 6.12. The summed E-state index contributed by atoms with van der Waals surface area (Å²) in [4.78, 5) is 27.6. The van der Waals surface area contributed by atoms with Gasteiger partial charge in [-0.3, -0.25) is 4.79 Å². The van der Waals surface area contributed by atoms with Gasteiger partial charge in [0.25, 0.3) is 0 Å². The van der Waals surface area contributed by atoms with Crippen molar-refractivity contribution >= 4 is 12.0 Å². The molecule has 1 heterocycles. The SMILES string of the molecule is CCCCOC(=O)N1CCN(C(=O)[C@@H](N)CC2CCC2)CC1. The summed E-state index contributed by atoms with van der Waals surface area (Å²) < 4.78 is 5.20. The number of nitrogens with zero attached hydrogens (tertiary/aromatic N) is 2. The molecule has 0 spiro atoms. The summed E-state index contributed by atoms with van der Waals surface area (Å²) >= 11 is 0. The van der Waals surface area contributed by atoms with Gasteiger partial charge < -0.3 is 20.3 Å². The number of ether oxygens (including phenoxy) is 1. The predicted molar refractivity (Wildman–Crippen MR) is 84.3 cm³/mol. The first-order valence-corrected chi connectivity index (χ1v) is 8.58. The Morgan fingerprint density at radius 1 is 1.18 bits per heavy atom. The number of unbranched alkanes of at least 4 members (excludes halogenated alkanes) is 1. The van der Waals surface area contributed by atoms with Crippen LogP contribution in [-0.2, 0) is 9.53 Å². The third-order valence-corrected chi connectivity index (χ3v) is 4.70. The number of carbonyl (C=O) groups is 2. The largest absolute Gasteiger partial charge is 0.449 e. The van der Waals surface area contributed by atoms with E-state index in [0.29, 0.717) is 38.7 Å². The number of hydrogen-bond donors (Lipinski definition) is 1. The molecule has 2 fully saturated rings. The number of amides is 2. The summed E-state index contributed by atoms with van der Waals surface area (Å²) in [7, 11) is 0. The molecule has 0 aromatic heterocycles. The van der Waals surface area contributed by atoms with Crippen LogP contribution in [0.1, 0.15) is 45.4 Å². The molecule has 2 rings (SSSR count). The Labute approximate surface area is 132 Å².